The highest BCUT2D eigenvalue weighted by atomic mass is 32.2. The minimum Gasteiger partial charge on any atom is -0.497 e. The molecule has 0 aromatic heterocycles. The number of hydrogen-bond donors (Lipinski definition) is 2. The summed E-state index contributed by atoms with van der Waals surface area (Å²) in [4.78, 5) is 12.9. The van der Waals surface area contributed by atoms with Gasteiger partial charge in [-0.15, -0.1) is 6.58 Å². The van der Waals surface area contributed by atoms with Crippen molar-refractivity contribution in [3.8, 4) is 5.75 Å². The Hall–Kier alpha value is -2.73. The van der Waals surface area contributed by atoms with Crippen LogP contribution in [0, 0.1) is 0 Å². The van der Waals surface area contributed by atoms with E-state index in [1.54, 1.807) is 12.1 Å². The molecule has 178 valence electrons. The molecule has 0 bridgehead atoms. The lowest BCUT2D eigenvalue weighted by molar-refractivity contribution is 0.0923. The van der Waals surface area contributed by atoms with E-state index in [1.165, 1.54) is 53.9 Å². The summed E-state index contributed by atoms with van der Waals surface area (Å²) in [5, 5.41) is 2.88. The first-order valence-electron chi connectivity index (χ1n) is 10.3. The molecule has 1 saturated heterocycles. The van der Waals surface area contributed by atoms with Gasteiger partial charge in [0.25, 0.3) is 5.91 Å². The van der Waals surface area contributed by atoms with Crippen LogP contribution in [0.2, 0.25) is 0 Å². The van der Waals surface area contributed by atoms with Crippen molar-refractivity contribution in [2.45, 2.75) is 28.7 Å². The molecule has 0 spiro atoms. The summed E-state index contributed by atoms with van der Waals surface area (Å²) in [7, 11) is -5.87. The molecule has 0 unspecified atom stereocenters. The van der Waals surface area contributed by atoms with Crippen LogP contribution in [-0.2, 0) is 20.0 Å². The lowest BCUT2D eigenvalue weighted by Gasteiger charge is -2.31. The number of piperidine rings is 1. The molecule has 0 radical (unpaired) electrons. The van der Waals surface area contributed by atoms with E-state index < -0.39 is 26.0 Å². The molecule has 1 heterocycles. The highest BCUT2D eigenvalue weighted by Gasteiger charge is 2.30. The van der Waals surface area contributed by atoms with Gasteiger partial charge in [0.1, 0.15) is 5.75 Å². The summed E-state index contributed by atoms with van der Waals surface area (Å²) in [6.07, 6.45) is 2.31. The van der Waals surface area contributed by atoms with Gasteiger partial charge in [0.15, 0.2) is 0 Å². The number of nitrogens with one attached hydrogen (secondary N) is 2. The van der Waals surface area contributed by atoms with Crippen LogP contribution in [0.1, 0.15) is 23.2 Å². The van der Waals surface area contributed by atoms with E-state index in [-0.39, 0.29) is 41.0 Å². The van der Waals surface area contributed by atoms with Crippen LogP contribution in [0.4, 0.5) is 0 Å². The number of carbonyl (C=O) groups is 1. The van der Waals surface area contributed by atoms with Gasteiger partial charge in [0, 0.05) is 31.2 Å². The zero-order valence-corrected chi connectivity index (χ0v) is 19.9. The highest BCUT2D eigenvalue weighted by Crippen LogP contribution is 2.23. The molecule has 2 aromatic rings. The van der Waals surface area contributed by atoms with Crippen LogP contribution in [0.25, 0.3) is 0 Å². The second-order valence-corrected chi connectivity index (χ2v) is 11.2. The van der Waals surface area contributed by atoms with Crippen LogP contribution in [0.15, 0.2) is 71.0 Å². The minimum absolute atomic E-state index is 0.0163. The number of methoxy groups -OCH3 is 1. The number of amides is 1. The Bertz CT molecular complexity index is 1200. The second-order valence-electron chi connectivity index (χ2n) is 7.50. The van der Waals surface area contributed by atoms with Gasteiger partial charge in [-0.3, -0.25) is 4.79 Å². The quantitative estimate of drug-likeness (QED) is 0.513. The average Bonchev–Trinajstić information content (AvgIpc) is 2.83. The predicted octanol–water partition coefficient (Wildman–Crippen LogP) is 1.74. The summed E-state index contributed by atoms with van der Waals surface area (Å²) in [5.41, 5.74) is 0.213. The summed E-state index contributed by atoms with van der Waals surface area (Å²) < 4.78 is 59.1. The SMILES string of the molecule is C=CCNS(=O)(=O)c1cccc(C(=O)NC2CCN(S(=O)(=O)c3ccc(OC)cc3)CC2)c1. The Morgan fingerprint density at radius 1 is 1.09 bits per heavy atom. The van der Waals surface area contributed by atoms with Gasteiger partial charge in [-0.2, -0.15) is 4.31 Å². The predicted molar refractivity (Wildman–Crippen MR) is 124 cm³/mol. The summed E-state index contributed by atoms with van der Waals surface area (Å²) >= 11 is 0. The molecule has 11 heteroatoms. The normalized spacial score (nSPS) is 15.7. The van der Waals surface area contributed by atoms with Crippen molar-refractivity contribution < 1.29 is 26.4 Å². The van der Waals surface area contributed by atoms with Crippen molar-refractivity contribution in [3.05, 3.63) is 66.7 Å². The summed E-state index contributed by atoms with van der Waals surface area (Å²) in [6.45, 7) is 4.08. The molecular formula is C22H27N3O6S2. The van der Waals surface area contributed by atoms with E-state index in [0.29, 0.717) is 18.6 Å². The molecule has 2 aromatic carbocycles. The highest BCUT2D eigenvalue weighted by molar-refractivity contribution is 7.89. The number of nitrogens with zero attached hydrogens (tertiary/aromatic N) is 1. The largest absolute Gasteiger partial charge is 0.497 e. The third kappa shape index (κ3) is 5.99. The fraction of sp³-hybridized carbons (Fsp3) is 0.318. The fourth-order valence-corrected chi connectivity index (χ4v) is 5.98. The maximum absolute atomic E-state index is 12.9. The zero-order chi connectivity index (χ0) is 24.1. The average molecular weight is 494 g/mol. The monoisotopic (exact) mass is 493 g/mol. The lowest BCUT2D eigenvalue weighted by atomic mass is 10.1. The molecule has 0 atom stereocenters. The van der Waals surface area contributed by atoms with E-state index in [2.05, 4.69) is 16.6 Å². The van der Waals surface area contributed by atoms with E-state index >= 15 is 0 Å². The Labute approximate surface area is 194 Å². The molecule has 33 heavy (non-hydrogen) atoms. The van der Waals surface area contributed by atoms with Crippen molar-refractivity contribution in [1.82, 2.24) is 14.3 Å². The summed E-state index contributed by atoms with van der Waals surface area (Å²) in [6, 6.07) is 11.7. The number of benzene rings is 2. The maximum atomic E-state index is 12.9. The zero-order valence-electron chi connectivity index (χ0n) is 18.2. The van der Waals surface area contributed by atoms with Gasteiger partial charge < -0.3 is 10.1 Å². The number of sulfonamides is 2. The molecule has 2 N–H and O–H groups in total. The molecule has 3 rings (SSSR count). The molecule has 1 amide bonds. The van der Waals surface area contributed by atoms with Crippen molar-refractivity contribution in [2.75, 3.05) is 26.7 Å². The summed E-state index contributed by atoms with van der Waals surface area (Å²) in [5.74, 6) is 0.163. The van der Waals surface area contributed by atoms with Gasteiger partial charge in [0.05, 0.1) is 16.9 Å². The van der Waals surface area contributed by atoms with Crippen molar-refractivity contribution in [2.24, 2.45) is 0 Å². The Morgan fingerprint density at radius 3 is 2.36 bits per heavy atom. The van der Waals surface area contributed by atoms with E-state index in [9.17, 15) is 21.6 Å². The topological polar surface area (TPSA) is 122 Å². The van der Waals surface area contributed by atoms with Gasteiger partial charge in [0.2, 0.25) is 20.0 Å². The van der Waals surface area contributed by atoms with Crippen LogP contribution in [-0.4, -0.2) is 59.8 Å². The third-order valence-corrected chi connectivity index (χ3v) is 8.64. The van der Waals surface area contributed by atoms with Crippen LogP contribution in [0.3, 0.4) is 0 Å². The van der Waals surface area contributed by atoms with Crippen LogP contribution in [0.5, 0.6) is 5.75 Å². The number of rotatable bonds is 9. The van der Waals surface area contributed by atoms with E-state index in [1.807, 2.05) is 0 Å². The molecular weight excluding hydrogens is 466 g/mol. The smallest absolute Gasteiger partial charge is 0.251 e. The van der Waals surface area contributed by atoms with Gasteiger partial charge in [-0.25, -0.2) is 21.6 Å². The molecule has 0 saturated carbocycles. The number of carbonyl (C=O) groups excluding carboxylic acids is 1. The Kier molecular flexibility index (Phi) is 7.90. The molecule has 9 nitrogen and oxygen atoms in total. The van der Waals surface area contributed by atoms with Crippen molar-refractivity contribution >= 4 is 26.0 Å². The van der Waals surface area contributed by atoms with Gasteiger partial charge in [-0.05, 0) is 55.3 Å². The first-order chi connectivity index (χ1) is 15.7. The molecule has 1 fully saturated rings. The van der Waals surface area contributed by atoms with E-state index in [0.717, 1.165) is 0 Å². The minimum atomic E-state index is -3.75. The Morgan fingerprint density at radius 2 is 1.76 bits per heavy atom. The van der Waals surface area contributed by atoms with Crippen molar-refractivity contribution in [1.29, 1.82) is 0 Å². The number of hydrogen-bond acceptors (Lipinski definition) is 6. The first-order valence-corrected chi connectivity index (χ1v) is 13.3. The standard InChI is InChI=1S/C22H27N3O6S2/c1-3-13-23-32(27,28)21-6-4-5-17(16-21)22(26)24-18-11-14-25(15-12-18)33(29,30)20-9-7-19(31-2)8-10-20/h3-10,16,18,23H,1,11-15H2,2H3,(H,24,26). The third-order valence-electron chi connectivity index (χ3n) is 5.31. The molecule has 1 aliphatic heterocycles. The van der Waals surface area contributed by atoms with Gasteiger partial charge in [-0.1, -0.05) is 12.1 Å². The van der Waals surface area contributed by atoms with Crippen LogP contribution < -0.4 is 14.8 Å². The fourth-order valence-electron chi connectivity index (χ4n) is 3.46. The van der Waals surface area contributed by atoms with Crippen LogP contribution >= 0.6 is 0 Å². The molecule has 0 aliphatic carbocycles. The lowest BCUT2D eigenvalue weighted by Crippen LogP contribution is -2.46. The Balaban J connectivity index is 1.61. The van der Waals surface area contributed by atoms with Gasteiger partial charge >= 0.3 is 0 Å². The first kappa shape index (κ1) is 24.9. The maximum Gasteiger partial charge on any atom is 0.251 e. The number of ether oxygens (including phenoxy) is 1. The van der Waals surface area contributed by atoms with E-state index in [4.69, 9.17) is 4.74 Å². The second kappa shape index (κ2) is 10.5. The molecule has 1 aliphatic rings. The van der Waals surface area contributed by atoms with Crippen molar-refractivity contribution in [3.63, 3.8) is 0 Å².